The van der Waals surface area contributed by atoms with Crippen molar-refractivity contribution in [3.8, 4) is 10.4 Å². The van der Waals surface area contributed by atoms with Crippen LogP contribution in [-0.4, -0.2) is 47.1 Å². The third-order valence-electron chi connectivity index (χ3n) is 4.30. The molecule has 0 saturated carbocycles. The van der Waals surface area contributed by atoms with E-state index in [4.69, 9.17) is 0 Å². The number of hydrogen-bond acceptors (Lipinski definition) is 5. The molecule has 0 aliphatic carbocycles. The van der Waals surface area contributed by atoms with Crippen molar-refractivity contribution in [1.29, 1.82) is 0 Å². The van der Waals surface area contributed by atoms with E-state index < -0.39 is 0 Å². The number of urea groups is 1. The molecule has 2 amide bonds. The molecular formula is C19H19N5OS. The minimum atomic E-state index is -0.0555. The van der Waals surface area contributed by atoms with Gasteiger partial charge in [-0.15, -0.1) is 11.3 Å². The molecule has 26 heavy (non-hydrogen) atoms. The number of nitrogens with zero attached hydrogens (tertiary/aromatic N) is 4. The van der Waals surface area contributed by atoms with Crippen molar-refractivity contribution >= 4 is 28.3 Å². The van der Waals surface area contributed by atoms with E-state index in [-0.39, 0.29) is 6.03 Å². The summed E-state index contributed by atoms with van der Waals surface area (Å²) in [7, 11) is 0. The van der Waals surface area contributed by atoms with Gasteiger partial charge in [0.05, 0.1) is 5.00 Å². The molecule has 1 saturated heterocycles. The predicted octanol–water partition coefficient (Wildman–Crippen LogP) is 3.56. The average molecular weight is 365 g/mol. The van der Waals surface area contributed by atoms with Crippen LogP contribution in [0, 0.1) is 0 Å². The lowest BCUT2D eigenvalue weighted by Gasteiger charge is -2.34. The second kappa shape index (κ2) is 7.53. The Morgan fingerprint density at radius 2 is 1.65 bits per heavy atom. The Labute approximate surface area is 156 Å². The van der Waals surface area contributed by atoms with Crippen LogP contribution in [-0.2, 0) is 0 Å². The van der Waals surface area contributed by atoms with Crippen molar-refractivity contribution in [3.05, 3.63) is 60.9 Å². The van der Waals surface area contributed by atoms with E-state index in [1.165, 1.54) is 0 Å². The molecule has 7 heteroatoms. The van der Waals surface area contributed by atoms with Crippen LogP contribution in [0.5, 0.6) is 0 Å². The number of amides is 2. The fourth-order valence-corrected chi connectivity index (χ4v) is 3.81. The predicted molar refractivity (Wildman–Crippen MR) is 105 cm³/mol. The van der Waals surface area contributed by atoms with Crippen LogP contribution in [0.2, 0.25) is 0 Å². The second-order valence-electron chi connectivity index (χ2n) is 5.98. The minimum absolute atomic E-state index is 0.0555. The van der Waals surface area contributed by atoms with Crippen LogP contribution >= 0.6 is 11.3 Å². The number of aromatic nitrogens is 2. The molecule has 0 spiro atoms. The van der Waals surface area contributed by atoms with Crippen LogP contribution < -0.4 is 10.2 Å². The zero-order valence-corrected chi connectivity index (χ0v) is 15.0. The van der Waals surface area contributed by atoms with Gasteiger partial charge in [-0.25, -0.2) is 14.8 Å². The highest BCUT2D eigenvalue weighted by Gasteiger charge is 2.22. The van der Waals surface area contributed by atoms with Crippen LogP contribution in [0.25, 0.3) is 10.4 Å². The molecule has 3 aromatic rings. The first kappa shape index (κ1) is 16.5. The molecule has 0 radical (unpaired) electrons. The number of anilines is 2. The Bertz CT molecular complexity index is 860. The summed E-state index contributed by atoms with van der Waals surface area (Å²) in [4.78, 5) is 26.1. The third-order valence-corrected chi connectivity index (χ3v) is 5.35. The lowest BCUT2D eigenvalue weighted by molar-refractivity contribution is 0.208. The van der Waals surface area contributed by atoms with Gasteiger partial charge in [-0.1, -0.05) is 30.3 Å². The number of piperazine rings is 1. The molecule has 1 aliphatic rings. The van der Waals surface area contributed by atoms with Gasteiger partial charge in [0, 0.05) is 43.4 Å². The molecule has 0 bridgehead atoms. The summed E-state index contributed by atoms with van der Waals surface area (Å²) < 4.78 is 0. The lowest BCUT2D eigenvalue weighted by Crippen LogP contribution is -2.50. The number of carbonyl (C=O) groups is 1. The lowest BCUT2D eigenvalue weighted by atomic mass is 10.2. The van der Waals surface area contributed by atoms with Crippen molar-refractivity contribution in [2.75, 3.05) is 36.4 Å². The number of carbonyl (C=O) groups excluding carboxylic acids is 1. The van der Waals surface area contributed by atoms with Gasteiger partial charge in [-0.3, -0.25) is 5.32 Å². The van der Waals surface area contributed by atoms with E-state index in [0.29, 0.717) is 13.1 Å². The van der Waals surface area contributed by atoms with E-state index in [9.17, 15) is 4.79 Å². The Kier molecular flexibility index (Phi) is 4.79. The maximum atomic E-state index is 12.5. The topological polar surface area (TPSA) is 61.4 Å². The standard InChI is InChI=1S/C19H19N5OS/c25-19(22-17-8-7-16(26-17)15-5-2-1-3-6-15)24-13-11-23(12-14-24)18-20-9-4-10-21-18/h1-10H,11-14H2,(H,22,25). The number of benzene rings is 1. The highest BCUT2D eigenvalue weighted by Crippen LogP contribution is 2.31. The molecule has 1 aromatic carbocycles. The second-order valence-corrected chi connectivity index (χ2v) is 7.07. The number of nitrogens with one attached hydrogen (secondary N) is 1. The SMILES string of the molecule is O=C(Nc1ccc(-c2ccccc2)s1)N1CCN(c2ncccn2)CC1. The van der Waals surface area contributed by atoms with Crippen molar-refractivity contribution in [2.24, 2.45) is 0 Å². The molecule has 1 fully saturated rings. The summed E-state index contributed by atoms with van der Waals surface area (Å²) in [5.41, 5.74) is 1.16. The Balaban J connectivity index is 1.34. The average Bonchev–Trinajstić information content (AvgIpc) is 3.18. The molecule has 2 aromatic heterocycles. The summed E-state index contributed by atoms with van der Waals surface area (Å²) in [5, 5.41) is 3.88. The maximum absolute atomic E-state index is 12.5. The zero-order chi connectivity index (χ0) is 17.8. The number of hydrogen-bond donors (Lipinski definition) is 1. The molecular weight excluding hydrogens is 346 g/mol. The molecule has 3 heterocycles. The van der Waals surface area contributed by atoms with E-state index >= 15 is 0 Å². The molecule has 0 atom stereocenters. The van der Waals surface area contributed by atoms with Gasteiger partial charge in [0.15, 0.2) is 0 Å². The highest BCUT2D eigenvalue weighted by molar-refractivity contribution is 7.19. The third kappa shape index (κ3) is 3.67. The van der Waals surface area contributed by atoms with Crippen LogP contribution in [0.15, 0.2) is 60.9 Å². The van der Waals surface area contributed by atoms with E-state index in [2.05, 4.69) is 32.3 Å². The van der Waals surface area contributed by atoms with Gasteiger partial charge in [0.1, 0.15) is 0 Å². The van der Waals surface area contributed by atoms with Gasteiger partial charge in [-0.05, 0) is 23.8 Å². The summed E-state index contributed by atoms with van der Waals surface area (Å²) >= 11 is 1.59. The van der Waals surface area contributed by atoms with Crippen LogP contribution in [0.3, 0.4) is 0 Å². The maximum Gasteiger partial charge on any atom is 0.322 e. The normalized spacial score (nSPS) is 14.3. The van der Waals surface area contributed by atoms with Gasteiger partial charge >= 0.3 is 6.03 Å². The fraction of sp³-hybridized carbons (Fsp3) is 0.211. The molecule has 132 valence electrons. The summed E-state index contributed by atoms with van der Waals surface area (Å²) in [6.45, 7) is 2.77. The summed E-state index contributed by atoms with van der Waals surface area (Å²) in [6.07, 6.45) is 3.48. The monoisotopic (exact) mass is 365 g/mol. The van der Waals surface area contributed by atoms with Crippen LogP contribution in [0.4, 0.5) is 15.7 Å². The summed E-state index contributed by atoms with van der Waals surface area (Å²) in [6, 6.07) is 15.9. The van der Waals surface area contributed by atoms with Crippen LogP contribution in [0.1, 0.15) is 0 Å². The Morgan fingerprint density at radius 3 is 2.38 bits per heavy atom. The first-order valence-corrected chi connectivity index (χ1v) is 9.34. The first-order valence-electron chi connectivity index (χ1n) is 8.53. The van der Waals surface area contributed by atoms with Crippen molar-refractivity contribution in [3.63, 3.8) is 0 Å². The largest absolute Gasteiger partial charge is 0.337 e. The molecule has 0 unspecified atom stereocenters. The van der Waals surface area contributed by atoms with Gasteiger partial charge in [0.25, 0.3) is 0 Å². The van der Waals surface area contributed by atoms with E-state index in [1.807, 2.05) is 35.2 Å². The van der Waals surface area contributed by atoms with E-state index in [1.54, 1.807) is 29.8 Å². The molecule has 4 rings (SSSR count). The smallest absolute Gasteiger partial charge is 0.322 e. The van der Waals surface area contributed by atoms with E-state index in [0.717, 1.165) is 34.5 Å². The van der Waals surface area contributed by atoms with Gasteiger partial charge in [-0.2, -0.15) is 0 Å². The van der Waals surface area contributed by atoms with Crippen molar-refractivity contribution < 1.29 is 4.79 Å². The number of thiophene rings is 1. The minimum Gasteiger partial charge on any atom is -0.337 e. The quantitative estimate of drug-likeness (QED) is 0.771. The van der Waals surface area contributed by atoms with Gasteiger partial charge in [0.2, 0.25) is 5.95 Å². The highest BCUT2D eigenvalue weighted by atomic mass is 32.1. The van der Waals surface area contributed by atoms with Gasteiger partial charge < -0.3 is 9.80 Å². The van der Waals surface area contributed by atoms with Crippen molar-refractivity contribution in [2.45, 2.75) is 0 Å². The molecule has 1 N–H and O–H groups in total. The van der Waals surface area contributed by atoms with Crippen molar-refractivity contribution in [1.82, 2.24) is 14.9 Å². The fourth-order valence-electron chi connectivity index (χ4n) is 2.91. The molecule has 6 nitrogen and oxygen atoms in total. The Morgan fingerprint density at radius 1 is 0.923 bits per heavy atom. The number of rotatable bonds is 3. The molecule has 1 aliphatic heterocycles. The zero-order valence-electron chi connectivity index (χ0n) is 14.2. The first-order chi connectivity index (χ1) is 12.8. The summed E-state index contributed by atoms with van der Waals surface area (Å²) in [5.74, 6) is 0.721. The Hall–Kier alpha value is -2.93.